The van der Waals surface area contributed by atoms with E-state index in [0.29, 0.717) is 0 Å². The molecule has 1 N–H and O–H groups in total. The molecule has 2 rings (SSSR count). The molecule has 0 amide bonds. The van der Waals surface area contributed by atoms with Gasteiger partial charge in [-0.25, -0.2) is 0 Å². The van der Waals surface area contributed by atoms with E-state index < -0.39 is 0 Å². The smallest absolute Gasteiger partial charge is 0.129 e. The Labute approximate surface area is 114 Å². The van der Waals surface area contributed by atoms with Crippen molar-refractivity contribution < 1.29 is 0 Å². The van der Waals surface area contributed by atoms with Crippen LogP contribution in [0.5, 0.6) is 0 Å². The molecular formula is C15H20N4. The molecular weight excluding hydrogens is 236 g/mol. The number of nitrogens with zero attached hydrogens (tertiary/aromatic N) is 3. The monoisotopic (exact) mass is 256 g/mol. The number of aryl methyl sites for hydroxylation is 2. The Balaban J connectivity index is 2.21. The van der Waals surface area contributed by atoms with Crippen LogP contribution in [0.25, 0.3) is 0 Å². The van der Waals surface area contributed by atoms with E-state index in [-0.39, 0.29) is 5.41 Å². The molecule has 100 valence electrons. The van der Waals surface area contributed by atoms with Crippen molar-refractivity contribution in [3.63, 3.8) is 0 Å². The summed E-state index contributed by atoms with van der Waals surface area (Å²) in [4.78, 5) is 0. The third-order valence-corrected chi connectivity index (χ3v) is 3.09. The molecule has 0 spiro atoms. The standard InChI is InChI=1S/C15H20N4/c1-10-14(11(2)17-16-10)19-18-13-8-6-12(7-9-13)15(3,4)5/h6-9H,1-5H3,(H,16,17). The van der Waals surface area contributed by atoms with Crippen molar-refractivity contribution in [2.24, 2.45) is 10.2 Å². The average Bonchev–Trinajstić information content (AvgIpc) is 2.66. The topological polar surface area (TPSA) is 53.4 Å². The van der Waals surface area contributed by atoms with Crippen molar-refractivity contribution in [3.8, 4) is 0 Å². The molecule has 0 aliphatic heterocycles. The number of H-pyrrole nitrogens is 1. The zero-order chi connectivity index (χ0) is 14.0. The van der Waals surface area contributed by atoms with Gasteiger partial charge >= 0.3 is 0 Å². The van der Waals surface area contributed by atoms with Crippen molar-refractivity contribution in [1.29, 1.82) is 0 Å². The van der Waals surface area contributed by atoms with Crippen LogP contribution in [0, 0.1) is 13.8 Å². The number of nitrogens with one attached hydrogen (secondary N) is 1. The minimum atomic E-state index is 0.160. The Hall–Kier alpha value is -1.97. The minimum absolute atomic E-state index is 0.160. The van der Waals surface area contributed by atoms with Crippen molar-refractivity contribution in [2.75, 3.05) is 0 Å². The highest BCUT2D eigenvalue weighted by Crippen LogP contribution is 2.26. The Morgan fingerprint density at radius 2 is 1.63 bits per heavy atom. The van der Waals surface area contributed by atoms with Crippen LogP contribution in [-0.2, 0) is 5.41 Å². The molecule has 0 unspecified atom stereocenters. The summed E-state index contributed by atoms with van der Waals surface area (Å²) in [7, 11) is 0. The average molecular weight is 256 g/mol. The fourth-order valence-corrected chi connectivity index (χ4v) is 1.83. The predicted molar refractivity (Wildman–Crippen MR) is 77.4 cm³/mol. The van der Waals surface area contributed by atoms with Crippen LogP contribution in [0.4, 0.5) is 11.4 Å². The number of hydrogen-bond donors (Lipinski definition) is 1. The lowest BCUT2D eigenvalue weighted by Crippen LogP contribution is -2.10. The van der Waals surface area contributed by atoms with Gasteiger partial charge in [0.05, 0.1) is 17.1 Å². The normalized spacial score (nSPS) is 12.3. The second-order valence-electron chi connectivity index (χ2n) is 5.78. The Kier molecular flexibility index (Phi) is 3.51. The van der Waals surface area contributed by atoms with Crippen molar-refractivity contribution >= 4 is 11.4 Å². The van der Waals surface area contributed by atoms with Gasteiger partial charge in [-0.1, -0.05) is 32.9 Å². The van der Waals surface area contributed by atoms with Gasteiger partial charge in [-0.15, -0.1) is 5.11 Å². The van der Waals surface area contributed by atoms with Crippen molar-refractivity contribution in [1.82, 2.24) is 10.2 Å². The second kappa shape index (κ2) is 4.96. The largest absolute Gasteiger partial charge is 0.280 e. The van der Waals surface area contributed by atoms with Crippen LogP contribution >= 0.6 is 0 Å². The predicted octanol–water partition coefficient (Wildman–Crippen LogP) is 4.74. The molecule has 0 fully saturated rings. The summed E-state index contributed by atoms with van der Waals surface area (Å²) in [6.07, 6.45) is 0. The maximum absolute atomic E-state index is 4.26. The Bertz CT molecular complexity index is 566. The van der Waals surface area contributed by atoms with Crippen LogP contribution in [0.15, 0.2) is 34.5 Å². The Morgan fingerprint density at radius 3 is 2.11 bits per heavy atom. The number of rotatable bonds is 2. The van der Waals surface area contributed by atoms with Gasteiger partial charge in [0.2, 0.25) is 0 Å². The number of aromatic amines is 1. The lowest BCUT2D eigenvalue weighted by molar-refractivity contribution is 0.590. The zero-order valence-electron chi connectivity index (χ0n) is 12.2. The maximum Gasteiger partial charge on any atom is 0.129 e. The molecule has 19 heavy (non-hydrogen) atoms. The van der Waals surface area contributed by atoms with Gasteiger partial charge in [-0.2, -0.15) is 10.2 Å². The van der Waals surface area contributed by atoms with Crippen LogP contribution in [0.3, 0.4) is 0 Å². The van der Waals surface area contributed by atoms with Crippen LogP contribution in [0.2, 0.25) is 0 Å². The molecule has 0 radical (unpaired) electrons. The van der Waals surface area contributed by atoms with E-state index in [9.17, 15) is 0 Å². The fourth-order valence-electron chi connectivity index (χ4n) is 1.83. The third kappa shape index (κ3) is 3.08. The van der Waals surface area contributed by atoms with Crippen LogP contribution in [-0.4, -0.2) is 10.2 Å². The first-order chi connectivity index (χ1) is 8.88. The highest BCUT2D eigenvalue weighted by Gasteiger charge is 2.12. The number of azo groups is 1. The van der Waals surface area contributed by atoms with Gasteiger partial charge < -0.3 is 0 Å². The summed E-state index contributed by atoms with van der Waals surface area (Å²) in [6.45, 7) is 10.4. The Morgan fingerprint density at radius 1 is 1.00 bits per heavy atom. The molecule has 0 aliphatic rings. The van der Waals surface area contributed by atoms with Crippen LogP contribution < -0.4 is 0 Å². The molecule has 1 heterocycles. The second-order valence-corrected chi connectivity index (χ2v) is 5.78. The molecule has 0 saturated carbocycles. The van der Waals surface area contributed by atoms with E-state index in [0.717, 1.165) is 22.8 Å². The lowest BCUT2D eigenvalue weighted by atomic mass is 9.87. The van der Waals surface area contributed by atoms with Gasteiger partial charge in [0.15, 0.2) is 0 Å². The zero-order valence-corrected chi connectivity index (χ0v) is 12.2. The highest BCUT2D eigenvalue weighted by molar-refractivity contribution is 5.46. The molecule has 2 aromatic rings. The first-order valence-electron chi connectivity index (χ1n) is 6.42. The molecule has 0 aliphatic carbocycles. The van der Waals surface area contributed by atoms with Gasteiger partial charge in [-0.3, -0.25) is 5.10 Å². The summed E-state index contributed by atoms with van der Waals surface area (Å²) in [5, 5.41) is 15.5. The highest BCUT2D eigenvalue weighted by atomic mass is 15.2. The molecule has 0 bridgehead atoms. The summed E-state index contributed by atoms with van der Waals surface area (Å²) < 4.78 is 0. The van der Waals surface area contributed by atoms with Gasteiger partial charge in [0.1, 0.15) is 5.69 Å². The van der Waals surface area contributed by atoms with E-state index in [1.807, 2.05) is 26.0 Å². The van der Waals surface area contributed by atoms with Gasteiger partial charge in [0.25, 0.3) is 0 Å². The maximum atomic E-state index is 4.26. The number of benzene rings is 1. The van der Waals surface area contributed by atoms with Crippen molar-refractivity contribution in [3.05, 3.63) is 41.2 Å². The molecule has 0 saturated heterocycles. The van der Waals surface area contributed by atoms with E-state index in [4.69, 9.17) is 0 Å². The van der Waals surface area contributed by atoms with E-state index in [1.165, 1.54) is 5.56 Å². The quantitative estimate of drug-likeness (QED) is 0.775. The summed E-state index contributed by atoms with van der Waals surface area (Å²) in [5.74, 6) is 0. The molecule has 4 heteroatoms. The summed E-state index contributed by atoms with van der Waals surface area (Å²) in [6, 6.07) is 8.19. The fraction of sp³-hybridized carbons (Fsp3) is 0.400. The minimum Gasteiger partial charge on any atom is -0.280 e. The number of aromatic nitrogens is 2. The molecule has 1 aromatic carbocycles. The van der Waals surface area contributed by atoms with Gasteiger partial charge in [0, 0.05) is 0 Å². The van der Waals surface area contributed by atoms with Crippen LogP contribution in [0.1, 0.15) is 37.7 Å². The summed E-state index contributed by atoms with van der Waals surface area (Å²) >= 11 is 0. The first-order valence-corrected chi connectivity index (χ1v) is 6.42. The van der Waals surface area contributed by atoms with Gasteiger partial charge in [-0.05, 0) is 37.0 Å². The SMILES string of the molecule is Cc1n[nH]c(C)c1N=Nc1ccc(C(C)(C)C)cc1. The summed E-state index contributed by atoms with van der Waals surface area (Å²) in [5.41, 5.74) is 4.93. The number of hydrogen-bond acceptors (Lipinski definition) is 3. The molecule has 4 nitrogen and oxygen atoms in total. The lowest BCUT2D eigenvalue weighted by Gasteiger charge is -2.18. The van der Waals surface area contributed by atoms with E-state index in [2.05, 4.69) is 53.3 Å². The first kappa shape index (κ1) is 13.5. The van der Waals surface area contributed by atoms with E-state index in [1.54, 1.807) is 0 Å². The molecule has 1 aromatic heterocycles. The van der Waals surface area contributed by atoms with E-state index >= 15 is 0 Å². The molecule has 0 atom stereocenters. The van der Waals surface area contributed by atoms with Crippen molar-refractivity contribution in [2.45, 2.75) is 40.0 Å². The third-order valence-electron chi connectivity index (χ3n) is 3.09.